The molecular formula is C10H26O6. The zero-order valence-electron chi connectivity index (χ0n) is 10.5. The van der Waals surface area contributed by atoms with Crippen molar-refractivity contribution in [2.75, 3.05) is 60.5 Å². The predicted octanol–water partition coefficient (Wildman–Crippen LogP) is -0.735. The van der Waals surface area contributed by atoms with E-state index in [1.165, 1.54) is 0 Å². The minimum Gasteiger partial charge on any atom is -0.394 e. The molecule has 3 N–H and O–H groups in total. The molecule has 0 heterocycles. The molecule has 0 rings (SSSR count). The highest BCUT2D eigenvalue weighted by Crippen LogP contribution is 1.68. The molecule has 0 amide bonds. The third-order valence-electron chi connectivity index (χ3n) is 0.911. The third-order valence-corrected chi connectivity index (χ3v) is 0.911. The zero-order chi connectivity index (χ0) is 13.1. The Bertz CT molecular complexity index is 73.7. The van der Waals surface area contributed by atoms with Gasteiger partial charge in [0.2, 0.25) is 0 Å². The van der Waals surface area contributed by atoms with Crippen LogP contribution >= 0.6 is 0 Å². The van der Waals surface area contributed by atoms with Gasteiger partial charge in [0.25, 0.3) is 0 Å². The van der Waals surface area contributed by atoms with Crippen LogP contribution in [0.4, 0.5) is 0 Å². The van der Waals surface area contributed by atoms with Crippen molar-refractivity contribution in [1.29, 1.82) is 0 Å². The summed E-state index contributed by atoms with van der Waals surface area (Å²) in [6, 6.07) is 0. The van der Waals surface area contributed by atoms with Gasteiger partial charge in [0.15, 0.2) is 0 Å². The molecule has 102 valence electrons. The van der Waals surface area contributed by atoms with Crippen molar-refractivity contribution in [2.24, 2.45) is 0 Å². The summed E-state index contributed by atoms with van der Waals surface area (Å²) >= 11 is 0. The van der Waals surface area contributed by atoms with Gasteiger partial charge in [-0.05, 0) is 6.92 Å². The first-order valence-electron chi connectivity index (χ1n) is 5.13. The Morgan fingerprint density at radius 3 is 1.25 bits per heavy atom. The van der Waals surface area contributed by atoms with Crippen molar-refractivity contribution >= 4 is 0 Å². The summed E-state index contributed by atoms with van der Waals surface area (Å²) in [5.41, 5.74) is 0. The van der Waals surface area contributed by atoms with Gasteiger partial charge in [0, 0.05) is 20.8 Å². The molecule has 0 unspecified atom stereocenters. The fourth-order valence-corrected chi connectivity index (χ4v) is 0.440. The molecule has 0 atom stereocenters. The Hall–Kier alpha value is -0.240. The summed E-state index contributed by atoms with van der Waals surface area (Å²) in [4.78, 5) is 0. The molecule has 0 aliphatic heterocycles. The van der Waals surface area contributed by atoms with Gasteiger partial charge in [-0.1, -0.05) is 0 Å². The molecule has 0 radical (unpaired) electrons. The van der Waals surface area contributed by atoms with Crippen molar-refractivity contribution in [1.82, 2.24) is 0 Å². The molecule has 0 fully saturated rings. The molecular weight excluding hydrogens is 216 g/mol. The summed E-state index contributed by atoms with van der Waals surface area (Å²) in [7, 11) is 3.25. The molecule has 6 heteroatoms. The van der Waals surface area contributed by atoms with Crippen LogP contribution in [0.2, 0.25) is 0 Å². The van der Waals surface area contributed by atoms with E-state index in [-0.39, 0.29) is 19.8 Å². The van der Waals surface area contributed by atoms with E-state index in [0.29, 0.717) is 26.4 Å². The van der Waals surface area contributed by atoms with Gasteiger partial charge in [0.05, 0.1) is 39.6 Å². The molecule has 0 bridgehead atoms. The molecule has 0 saturated heterocycles. The van der Waals surface area contributed by atoms with E-state index in [2.05, 4.69) is 9.47 Å². The van der Waals surface area contributed by atoms with Crippen molar-refractivity contribution in [3.63, 3.8) is 0 Å². The molecule has 0 aliphatic carbocycles. The maximum atomic E-state index is 8.09. The average molecular weight is 242 g/mol. The summed E-state index contributed by atoms with van der Waals surface area (Å²) in [5, 5.41) is 24.2. The van der Waals surface area contributed by atoms with Crippen LogP contribution in [0, 0.1) is 0 Å². The molecule has 0 spiro atoms. The Labute approximate surface area is 97.8 Å². The van der Waals surface area contributed by atoms with Gasteiger partial charge in [-0.2, -0.15) is 0 Å². The van der Waals surface area contributed by atoms with Crippen LogP contribution in [0.5, 0.6) is 0 Å². The number of aliphatic hydroxyl groups is 3. The van der Waals surface area contributed by atoms with E-state index in [9.17, 15) is 0 Å². The first-order valence-corrected chi connectivity index (χ1v) is 5.13. The smallest absolute Gasteiger partial charge is 0.0698 e. The SMILES string of the molecule is CCOCCO.COC.OCCOCCO. The van der Waals surface area contributed by atoms with Crippen molar-refractivity contribution in [3.05, 3.63) is 0 Å². The highest BCUT2D eigenvalue weighted by atomic mass is 16.5. The van der Waals surface area contributed by atoms with E-state index in [0.717, 1.165) is 0 Å². The number of methoxy groups -OCH3 is 1. The highest BCUT2D eigenvalue weighted by Gasteiger charge is 1.79. The second-order valence-corrected chi connectivity index (χ2v) is 2.39. The maximum absolute atomic E-state index is 8.09. The molecule has 16 heavy (non-hydrogen) atoms. The summed E-state index contributed by atoms with van der Waals surface area (Å²) < 4.78 is 13.6. The number of hydrogen-bond donors (Lipinski definition) is 3. The zero-order valence-corrected chi connectivity index (χ0v) is 10.5. The minimum absolute atomic E-state index is 0.0278. The van der Waals surface area contributed by atoms with Crippen LogP contribution in [0.25, 0.3) is 0 Å². The van der Waals surface area contributed by atoms with Crippen molar-refractivity contribution in [3.8, 4) is 0 Å². The Morgan fingerprint density at radius 1 is 0.750 bits per heavy atom. The first-order chi connectivity index (χ1) is 7.74. The normalized spacial score (nSPS) is 8.62. The molecule has 0 aromatic carbocycles. The van der Waals surface area contributed by atoms with Crippen molar-refractivity contribution < 1.29 is 29.5 Å². The predicted molar refractivity (Wildman–Crippen MR) is 61.5 cm³/mol. The molecule has 6 nitrogen and oxygen atoms in total. The molecule has 0 aliphatic rings. The van der Waals surface area contributed by atoms with Gasteiger partial charge in [-0.25, -0.2) is 0 Å². The minimum atomic E-state index is 0.0278. The van der Waals surface area contributed by atoms with Crippen molar-refractivity contribution in [2.45, 2.75) is 6.92 Å². The Morgan fingerprint density at radius 2 is 1.06 bits per heavy atom. The topological polar surface area (TPSA) is 88.4 Å². The first kappa shape index (κ1) is 21.1. The van der Waals surface area contributed by atoms with Gasteiger partial charge in [-0.3, -0.25) is 0 Å². The summed E-state index contributed by atoms with van der Waals surface area (Å²) in [6.45, 7) is 3.89. The Balaban J connectivity index is -0.000000172. The van der Waals surface area contributed by atoms with E-state index in [1.807, 2.05) is 6.92 Å². The number of rotatable bonds is 7. The van der Waals surface area contributed by atoms with E-state index >= 15 is 0 Å². The lowest BCUT2D eigenvalue weighted by Gasteiger charge is -1.94. The van der Waals surface area contributed by atoms with Crippen LogP contribution in [0.1, 0.15) is 6.92 Å². The fourth-order valence-electron chi connectivity index (χ4n) is 0.440. The lowest BCUT2D eigenvalue weighted by atomic mass is 10.7. The quantitative estimate of drug-likeness (QED) is 0.510. The number of ether oxygens (including phenoxy) is 3. The average Bonchev–Trinajstić information content (AvgIpc) is 2.29. The highest BCUT2D eigenvalue weighted by molar-refractivity contribution is 4.24. The van der Waals surface area contributed by atoms with E-state index in [4.69, 9.17) is 20.1 Å². The lowest BCUT2D eigenvalue weighted by Crippen LogP contribution is -2.03. The maximum Gasteiger partial charge on any atom is 0.0698 e. The molecule has 0 aromatic rings. The van der Waals surface area contributed by atoms with Gasteiger partial charge < -0.3 is 29.5 Å². The van der Waals surface area contributed by atoms with Crippen LogP contribution in [-0.2, 0) is 14.2 Å². The van der Waals surface area contributed by atoms with Crippen LogP contribution in [-0.4, -0.2) is 75.8 Å². The van der Waals surface area contributed by atoms with Gasteiger partial charge in [0.1, 0.15) is 0 Å². The van der Waals surface area contributed by atoms with E-state index < -0.39 is 0 Å². The molecule has 0 saturated carbocycles. The second kappa shape index (κ2) is 29.3. The lowest BCUT2D eigenvalue weighted by molar-refractivity contribution is 0.0650. The van der Waals surface area contributed by atoms with Crippen LogP contribution in [0.15, 0.2) is 0 Å². The van der Waals surface area contributed by atoms with Gasteiger partial charge >= 0.3 is 0 Å². The standard InChI is InChI=1S/C4H10O3.C4H10O2.C2H6O/c5-1-3-7-4-2-6;1-2-6-4-3-5;1-3-2/h5-6H,1-4H2;5H,2-4H2,1H3;1-2H3. The summed E-state index contributed by atoms with van der Waals surface area (Å²) in [5.74, 6) is 0. The van der Waals surface area contributed by atoms with Crippen LogP contribution in [0.3, 0.4) is 0 Å². The second-order valence-electron chi connectivity index (χ2n) is 2.39. The molecule has 0 aromatic heterocycles. The van der Waals surface area contributed by atoms with E-state index in [1.54, 1.807) is 14.2 Å². The third kappa shape index (κ3) is 49.0. The largest absolute Gasteiger partial charge is 0.394 e. The Kier molecular flexibility index (Phi) is 38.7. The van der Waals surface area contributed by atoms with Gasteiger partial charge in [-0.15, -0.1) is 0 Å². The monoisotopic (exact) mass is 242 g/mol. The number of aliphatic hydroxyl groups excluding tert-OH is 3. The fraction of sp³-hybridized carbons (Fsp3) is 1.00. The number of hydrogen-bond acceptors (Lipinski definition) is 6. The summed E-state index contributed by atoms with van der Waals surface area (Å²) in [6.07, 6.45) is 0. The van der Waals surface area contributed by atoms with Crippen LogP contribution < -0.4 is 0 Å².